The standard InChI is InChI=1S/C14H16O3/c1-10-8-12(11-6-4-3-5-7-11)17-13(9-10)14(15)16-2/h3-7,9-10,12H,8H2,1-2H3/t10-,12+/m0/s1. The summed E-state index contributed by atoms with van der Waals surface area (Å²) in [5, 5.41) is 0. The molecule has 0 bridgehead atoms. The van der Waals surface area contributed by atoms with Crippen LogP contribution >= 0.6 is 0 Å². The first-order chi connectivity index (χ1) is 8.20. The lowest BCUT2D eigenvalue weighted by Gasteiger charge is -2.27. The predicted octanol–water partition coefficient (Wildman–Crippen LogP) is 2.84. The molecule has 1 aromatic carbocycles. The average molecular weight is 232 g/mol. The van der Waals surface area contributed by atoms with Gasteiger partial charge in [-0.2, -0.15) is 0 Å². The van der Waals surface area contributed by atoms with Gasteiger partial charge in [-0.1, -0.05) is 37.3 Å². The zero-order valence-electron chi connectivity index (χ0n) is 10.1. The van der Waals surface area contributed by atoms with E-state index in [1.54, 1.807) is 0 Å². The number of esters is 1. The fourth-order valence-electron chi connectivity index (χ4n) is 1.99. The second-order valence-corrected chi connectivity index (χ2v) is 4.25. The summed E-state index contributed by atoms with van der Waals surface area (Å²) in [4.78, 5) is 11.5. The van der Waals surface area contributed by atoms with Crippen molar-refractivity contribution in [3.63, 3.8) is 0 Å². The van der Waals surface area contributed by atoms with E-state index in [0.717, 1.165) is 12.0 Å². The Balaban J connectivity index is 2.19. The Kier molecular flexibility index (Phi) is 3.47. The summed E-state index contributed by atoms with van der Waals surface area (Å²) in [5.41, 5.74) is 1.09. The van der Waals surface area contributed by atoms with Gasteiger partial charge < -0.3 is 9.47 Å². The van der Waals surface area contributed by atoms with Gasteiger partial charge in [-0.3, -0.25) is 0 Å². The molecule has 17 heavy (non-hydrogen) atoms. The average Bonchev–Trinajstić information content (AvgIpc) is 2.38. The maximum absolute atomic E-state index is 11.5. The van der Waals surface area contributed by atoms with E-state index in [2.05, 4.69) is 11.7 Å². The van der Waals surface area contributed by atoms with Crippen molar-refractivity contribution in [1.82, 2.24) is 0 Å². The van der Waals surface area contributed by atoms with Gasteiger partial charge in [-0.15, -0.1) is 0 Å². The molecule has 1 aliphatic rings. The molecule has 2 atom stereocenters. The Bertz CT molecular complexity index is 422. The topological polar surface area (TPSA) is 35.5 Å². The van der Waals surface area contributed by atoms with Gasteiger partial charge in [0.1, 0.15) is 6.10 Å². The van der Waals surface area contributed by atoms with Crippen LogP contribution < -0.4 is 0 Å². The molecule has 0 aromatic heterocycles. The van der Waals surface area contributed by atoms with Crippen molar-refractivity contribution in [1.29, 1.82) is 0 Å². The van der Waals surface area contributed by atoms with Crippen molar-refractivity contribution < 1.29 is 14.3 Å². The van der Waals surface area contributed by atoms with Crippen molar-refractivity contribution in [2.45, 2.75) is 19.4 Å². The first kappa shape index (κ1) is 11.7. The molecule has 0 amide bonds. The van der Waals surface area contributed by atoms with Crippen LogP contribution in [-0.4, -0.2) is 13.1 Å². The smallest absolute Gasteiger partial charge is 0.373 e. The van der Waals surface area contributed by atoms with Crippen LogP contribution in [-0.2, 0) is 14.3 Å². The van der Waals surface area contributed by atoms with Crippen LogP contribution in [0.1, 0.15) is 25.0 Å². The highest BCUT2D eigenvalue weighted by Crippen LogP contribution is 2.33. The molecule has 0 unspecified atom stereocenters. The van der Waals surface area contributed by atoms with Crippen LogP contribution in [0, 0.1) is 5.92 Å². The predicted molar refractivity (Wildman–Crippen MR) is 64.1 cm³/mol. The third-order valence-electron chi connectivity index (χ3n) is 2.85. The molecule has 0 saturated carbocycles. The van der Waals surface area contributed by atoms with Gasteiger partial charge in [-0.25, -0.2) is 4.79 Å². The zero-order valence-corrected chi connectivity index (χ0v) is 10.1. The molecule has 0 spiro atoms. The van der Waals surface area contributed by atoms with E-state index >= 15 is 0 Å². The van der Waals surface area contributed by atoms with Gasteiger partial charge in [0.05, 0.1) is 7.11 Å². The highest BCUT2D eigenvalue weighted by molar-refractivity contribution is 5.86. The van der Waals surface area contributed by atoms with Crippen molar-refractivity contribution in [3.8, 4) is 0 Å². The lowest BCUT2D eigenvalue weighted by Crippen LogP contribution is -2.19. The molecule has 0 radical (unpaired) electrons. The number of methoxy groups -OCH3 is 1. The largest absolute Gasteiger partial charge is 0.479 e. The van der Waals surface area contributed by atoms with Crippen molar-refractivity contribution in [2.75, 3.05) is 7.11 Å². The van der Waals surface area contributed by atoms with Gasteiger partial charge >= 0.3 is 5.97 Å². The van der Waals surface area contributed by atoms with Gasteiger partial charge in [0.15, 0.2) is 0 Å². The number of hydrogen-bond donors (Lipinski definition) is 0. The monoisotopic (exact) mass is 232 g/mol. The maximum Gasteiger partial charge on any atom is 0.373 e. The van der Waals surface area contributed by atoms with E-state index in [0.29, 0.717) is 11.7 Å². The van der Waals surface area contributed by atoms with Crippen molar-refractivity contribution >= 4 is 5.97 Å². The zero-order chi connectivity index (χ0) is 12.3. The minimum absolute atomic E-state index is 0.0645. The Morgan fingerprint density at radius 1 is 1.35 bits per heavy atom. The van der Waals surface area contributed by atoms with Gasteiger partial charge in [0.2, 0.25) is 5.76 Å². The number of ether oxygens (including phenoxy) is 2. The normalized spacial score (nSPS) is 23.5. The van der Waals surface area contributed by atoms with Crippen molar-refractivity contribution in [2.24, 2.45) is 5.92 Å². The van der Waals surface area contributed by atoms with Crippen LogP contribution in [0.25, 0.3) is 0 Å². The third kappa shape index (κ3) is 2.67. The van der Waals surface area contributed by atoms with Crippen LogP contribution in [0.5, 0.6) is 0 Å². The summed E-state index contributed by atoms with van der Waals surface area (Å²) in [7, 11) is 1.36. The van der Waals surface area contributed by atoms with E-state index in [9.17, 15) is 4.79 Å². The number of carbonyl (C=O) groups excluding carboxylic acids is 1. The van der Waals surface area contributed by atoms with Crippen LogP contribution in [0.2, 0.25) is 0 Å². The molecule has 0 aliphatic carbocycles. The first-order valence-electron chi connectivity index (χ1n) is 5.72. The molecule has 2 rings (SSSR count). The fraction of sp³-hybridized carbons (Fsp3) is 0.357. The van der Waals surface area contributed by atoms with Gasteiger partial charge in [-0.05, 0) is 24.0 Å². The summed E-state index contributed by atoms with van der Waals surface area (Å²) in [6.07, 6.45) is 2.64. The molecule has 0 N–H and O–H groups in total. The quantitative estimate of drug-likeness (QED) is 0.735. The van der Waals surface area contributed by atoms with Gasteiger partial charge in [0.25, 0.3) is 0 Å². The number of allylic oxidation sites excluding steroid dienone is 1. The number of rotatable bonds is 2. The highest BCUT2D eigenvalue weighted by atomic mass is 16.6. The number of carbonyl (C=O) groups is 1. The van der Waals surface area contributed by atoms with E-state index in [4.69, 9.17) is 4.74 Å². The molecule has 0 fully saturated rings. The molecule has 90 valence electrons. The summed E-state index contributed by atoms with van der Waals surface area (Å²) in [5.74, 6) is 0.223. The summed E-state index contributed by atoms with van der Waals surface area (Å²) in [6.45, 7) is 2.07. The second kappa shape index (κ2) is 5.04. The number of hydrogen-bond acceptors (Lipinski definition) is 3. The molecular weight excluding hydrogens is 216 g/mol. The first-order valence-corrected chi connectivity index (χ1v) is 5.72. The molecule has 1 aromatic rings. The minimum Gasteiger partial charge on any atom is -0.479 e. The number of benzene rings is 1. The van der Waals surface area contributed by atoms with Crippen LogP contribution in [0.4, 0.5) is 0 Å². The molecule has 1 heterocycles. The summed E-state index contributed by atoms with van der Waals surface area (Å²) < 4.78 is 10.4. The Morgan fingerprint density at radius 2 is 2.06 bits per heavy atom. The fourth-order valence-corrected chi connectivity index (χ4v) is 1.99. The van der Waals surface area contributed by atoms with Gasteiger partial charge in [0, 0.05) is 0 Å². The Morgan fingerprint density at radius 3 is 2.71 bits per heavy atom. The lowest BCUT2D eigenvalue weighted by molar-refractivity contribution is -0.142. The summed E-state index contributed by atoms with van der Waals surface area (Å²) >= 11 is 0. The van der Waals surface area contributed by atoms with Crippen LogP contribution in [0.15, 0.2) is 42.2 Å². The van der Waals surface area contributed by atoms with E-state index < -0.39 is 5.97 Å². The molecule has 0 saturated heterocycles. The van der Waals surface area contributed by atoms with Crippen molar-refractivity contribution in [3.05, 3.63) is 47.7 Å². The second-order valence-electron chi connectivity index (χ2n) is 4.25. The summed E-state index contributed by atoms with van der Waals surface area (Å²) in [6, 6.07) is 9.93. The SMILES string of the molecule is COC(=O)C1=C[C@@H](C)C[C@H](c2ccccc2)O1. The Labute approximate surface area is 101 Å². The molecular formula is C14H16O3. The van der Waals surface area contributed by atoms with E-state index in [1.807, 2.05) is 36.4 Å². The van der Waals surface area contributed by atoms with E-state index in [1.165, 1.54) is 7.11 Å². The minimum atomic E-state index is -0.405. The molecule has 3 nitrogen and oxygen atoms in total. The Hall–Kier alpha value is -1.77. The maximum atomic E-state index is 11.5. The van der Waals surface area contributed by atoms with E-state index in [-0.39, 0.29) is 6.10 Å². The molecule has 1 aliphatic heterocycles. The third-order valence-corrected chi connectivity index (χ3v) is 2.85. The highest BCUT2D eigenvalue weighted by Gasteiger charge is 2.26. The lowest BCUT2D eigenvalue weighted by atomic mass is 9.95. The molecule has 3 heteroatoms. The van der Waals surface area contributed by atoms with Crippen LogP contribution in [0.3, 0.4) is 0 Å².